The van der Waals surface area contributed by atoms with Crippen LogP contribution in [0, 0.1) is 5.92 Å². The average Bonchev–Trinajstić information content (AvgIpc) is 2.71. The van der Waals surface area contributed by atoms with Gasteiger partial charge in [-0.15, -0.1) is 0 Å². The predicted octanol–water partition coefficient (Wildman–Crippen LogP) is 1.61. The quantitative estimate of drug-likeness (QED) is 0.764. The fourth-order valence-electron chi connectivity index (χ4n) is 2.98. The Morgan fingerprint density at radius 3 is 2.57 bits per heavy atom. The highest BCUT2D eigenvalue weighted by atomic mass is 15.3. The summed E-state index contributed by atoms with van der Waals surface area (Å²) in [5.74, 6) is 0.866. The zero-order valence-electron chi connectivity index (χ0n) is 8.26. The van der Waals surface area contributed by atoms with E-state index < -0.39 is 0 Å². The van der Waals surface area contributed by atoms with Crippen molar-refractivity contribution in [3.05, 3.63) is 30.3 Å². The Morgan fingerprint density at radius 2 is 1.93 bits per heavy atom. The Hall–Kier alpha value is -1.02. The highest BCUT2D eigenvalue weighted by Gasteiger charge is 2.49. The van der Waals surface area contributed by atoms with Crippen molar-refractivity contribution in [1.82, 2.24) is 0 Å². The molecule has 1 aromatic carbocycles. The summed E-state index contributed by atoms with van der Waals surface area (Å²) >= 11 is 0. The number of nitrogens with zero attached hydrogens (tertiary/aromatic N) is 1. The molecule has 3 aliphatic rings. The number of nitrogens with two attached hydrogens (primary N) is 1. The zero-order chi connectivity index (χ0) is 9.54. The van der Waals surface area contributed by atoms with Gasteiger partial charge in [-0.25, -0.2) is 0 Å². The summed E-state index contributed by atoms with van der Waals surface area (Å²) in [5, 5.41) is 0. The topological polar surface area (TPSA) is 29.3 Å². The zero-order valence-corrected chi connectivity index (χ0v) is 8.26. The molecule has 3 fully saturated rings. The number of fused-ring (bicyclic) bond motifs is 1. The largest absolute Gasteiger partial charge is 0.364 e. The molecule has 2 heterocycles. The van der Waals surface area contributed by atoms with Gasteiger partial charge in [0.15, 0.2) is 0 Å². The van der Waals surface area contributed by atoms with Gasteiger partial charge in [0, 0.05) is 24.3 Å². The Kier molecular flexibility index (Phi) is 1.77. The number of para-hydroxylation sites is 1. The van der Waals surface area contributed by atoms with E-state index in [2.05, 4.69) is 35.2 Å². The molecule has 2 saturated heterocycles. The second kappa shape index (κ2) is 2.99. The first-order chi connectivity index (χ1) is 6.90. The third-order valence-corrected chi connectivity index (χ3v) is 3.74. The van der Waals surface area contributed by atoms with Gasteiger partial charge in [0.2, 0.25) is 0 Å². The van der Waals surface area contributed by atoms with Crippen molar-refractivity contribution < 1.29 is 0 Å². The van der Waals surface area contributed by atoms with Crippen molar-refractivity contribution in [1.29, 1.82) is 0 Å². The standard InChI is InChI=1S/C12H16N2/c13-8-12-9-6-11(7-9)14(12)10-4-2-1-3-5-10/h1-5,9,11-12H,6-8,13H2. The van der Waals surface area contributed by atoms with E-state index in [0.717, 1.165) is 18.5 Å². The number of benzene rings is 1. The number of anilines is 1. The van der Waals surface area contributed by atoms with Crippen molar-refractivity contribution in [2.24, 2.45) is 11.7 Å². The summed E-state index contributed by atoms with van der Waals surface area (Å²) in [6.07, 6.45) is 2.72. The molecular weight excluding hydrogens is 172 g/mol. The van der Waals surface area contributed by atoms with Crippen molar-refractivity contribution in [3.63, 3.8) is 0 Å². The minimum Gasteiger partial charge on any atom is -0.364 e. The van der Waals surface area contributed by atoms with Crippen molar-refractivity contribution in [2.45, 2.75) is 24.9 Å². The molecule has 2 nitrogen and oxygen atoms in total. The Labute approximate surface area is 84.7 Å². The molecule has 1 aliphatic carbocycles. The van der Waals surface area contributed by atoms with Crippen molar-refractivity contribution in [2.75, 3.05) is 11.4 Å². The fourth-order valence-corrected chi connectivity index (χ4v) is 2.98. The Bertz CT molecular complexity index is 316. The molecule has 1 unspecified atom stereocenters. The van der Waals surface area contributed by atoms with E-state index in [9.17, 15) is 0 Å². The molecule has 14 heavy (non-hydrogen) atoms. The Balaban J connectivity index is 1.92. The maximum absolute atomic E-state index is 5.84. The summed E-state index contributed by atoms with van der Waals surface area (Å²) in [6, 6.07) is 12.1. The minimum atomic E-state index is 0.599. The van der Waals surface area contributed by atoms with Crippen LogP contribution in [0.4, 0.5) is 5.69 Å². The van der Waals surface area contributed by atoms with Gasteiger partial charge in [-0.2, -0.15) is 0 Å². The molecule has 1 aromatic rings. The van der Waals surface area contributed by atoms with Gasteiger partial charge in [0.05, 0.1) is 0 Å². The van der Waals surface area contributed by atoms with Crippen LogP contribution in [-0.4, -0.2) is 18.6 Å². The SMILES string of the molecule is NCC1C2CC(C2)N1c1ccccc1. The molecule has 2 N–H and O–H groups in total. The lowest BCUT2D eigenvalue weighted by Gasteiger charge is -2.28. The summed E-state index contributed by atoms with van der Waals surface area (Å²) in [5.41, 5.74) is 7.19. The van der Waals surface area contributed by atoms with Gasteiger partial charge < -0.3 is 10.6 Å². The molecule has 0 spiro atoms. The highest BCUT2D eigenvalue weighted by molar-refractivity contribution is 5.52. The van der Waals surface area contributed by atoms with Gasteiger partial charge in [-0.3, -0.25) is 0 Å². The van der Waals surface area contributed by atoms with Crippen LogP contribution >= 0.6 is 0 Å². The summed E-state index contributed by atoms with van der Waals surface area (Å²) in [4.78, 5) is 2.53. The molecule has 0 aromatic heterocycles. The van der Waals surface area contributed by atoms with E-state index in [1.165, 1.54) is 18.5 Å². The maximum atomic E-state index is 5.84. The van der Waals surface area contributed by atoms with E-state index >= 15 is 0 Å². The minimum absolute atomic E-state index is 0.599. The smallest absolute Gasteiger partial charge is 0.0445 e. The van der Waals surface area contributed by atoms with E-state index in [4.69, 9.17) is 5.73 Å². The molecule has 1 atom stereocenters. The second-order valence-corrected chi connectivity index (χ2v) is 4.43. The van der Waals surface area contributed by atoms with E-state index in [1.807, 2.05) is 0 Å². The first-order valence-electron chi connectivity index (χ1n) is 5.43. The first-order valence-corrected chi connectivity index (χ1v) is 5.43. The van der Waals surface area contributed by atoms with Gasteiger partial charge in [-0.1, -0.05) is 18.2 Å². The second-order valence-electron chi connectivity index (χ2n) is 4.43. The molecule has 2 bridgehead atoms. The third-order valence-electron chi connectivity index (χ3n) is 3.74. The normalized spacial score (nSPS) is 34.4. The van der Waals surface area contributed by atoms with Crippen LogP contribution in [0.15, 0.2) is 30.3 Å². The average molecular weight is 188 g/mol. The van der Waals surface area contributed by atoms with E-state index in [-0.39, 0.29) is 0 Å². The number of hydrogen-bond donors (Lipinski definition) is 1. The lowest BCUT2D eigenvalue weighted by Crippen LogP contribution is -2.36. The fraction of sp³-hybridized carbons (Fsp3) is 0.500. The summed E-state index contributed by atoms with van der Waals surface area (Å²) in [7, 11) is 0. The molecule has 4 rings (SSSR count). The molecule has 0 amide bonds. The first kappa shape index (κ1) is 8.30. The lowest BCUT2D eigenvalue weighted by molar-refractivity contribution is 0.354. The predicted molar refractivity (Wildman–Crippen MR) is 58.3 cm³/mol. The highest BCUT2D eigenvalue weighted by Crippen LogP contribution is 2.47. The molecule has 2 aliphatic heterocycles. The van der Waals surface area contributed by atoms with Crippen LogP contribution < -0.4 is 10.6 Å². The Morgan fingerprint density at radius 1 is 1.21 bits per heavy atom. The molecule has 74 valence electrons. The lowest BCUT2D eigenvalue weighted by atomic mass is 9.83. The van der Waals surface area contributed by atoms with E-state index in [0.29, 0.717) is 6.04 Å². The van der Waals surface area contributed by atoms with Crippen LogP contribution in [0.25, 0.3) is 0 Å². The monoisotopic (exact) mass is 188 g/mol. The van der Waals surface area contributed by atoms with Crippen LogP contribution in [-0.2, 0) is 0 Å². The van der Waals surface area contributed by atoms with Gasteiger partial charge in [-0.05, 0) is 30.9 Å². The number of rotatable bonds is 2. The number of hydrogen-bond acceptors (Lipinski definition) is 2. The van der Waals surface area contributed by atoms with Crippen molar-refractivity contribution >= 4 is 5.69 Å². The summed E-state index contributed by atoms with van der Waals surface area (Å²) < 4.78 is 0. The van der Waals surface area contributed by atoms with Gasteiger partial charge in [0.1, 0.15) is 0 Å². The van der Waals surface area contributed by atoms with Gasteiger partial charge in [0.25, 0.3) is 0 Å². The van der Waals surface area contributed by atoms with E-state index in [1.54, 1.807) is 0 Å². The van der Waals surface area contributed by atoms with Crippen LogP contribution in [0.1, 0.15) is 12.8 Å². The van der Waals surface area contributed by atoms with Crippen LogP contribution in [0.2, 0.25) is 0 Å². The van der Waals surface area contributed by atoms with Crippen molar-refractivity contribution in [3.8, 4) is 0 Å². The summed E-state index contributed by atoms with van der Waals surface area (Å²) in [6.45, 7) is 0.802. The maximum Gasteiger partial charge on any atom is 0.0445 e. The van der Waals surface area contributed by atoms with Crippen LogP contribution in [0.3, 0.4) is 0 Å². The van der Waals surface area contributed by atoms with Gasteiger partial charge >= 0.3 is 0 Å². The molecular formula is C12H16N2. The molecule has 1 saturated carbocycles. The molecule has 0 radical (unpaired) electrons. The third kappa shape index (κ3) is 1.01. The van der Waals surface area contributed by atoms with Crippen LogP contribution in [0.5, 0.6) is 0 Å². The molecule has 2 heteroatoms.